The molecule has 0 spiro atoms. The molecular formula is C10H20N2O2S2. The fourth-order valence-electron chi connectivity index (χ4n) is 1.15. The Morgan fingerprint density at radius 1 is 1.38 bits per heavy atom. The second kappa shape index (κ2) is 9.84. The van der Waals surface area contributed by atoms with E-state index in [2.05, 4.69) is 29.5 Å². The topological polar surface area (TPSA) is 58.2 Å². The molecular weight excluding hydrogens is 244 g/mol. The van der Waals surface area contributed by atoms with E-state index in [1.54, 1.807) is 11.8 Å². The molecule has 0 aromatic heterocycles. The van der Waals surface area contributed by atoms with Gasteiger partial charge in [0.15, 0.2) is 0 Å². The number of nitrogens with one attached hydrogen (secondary N) is 2. The van der Waals surface area contributed by atoms with Crippen LogP contribution in [0.2, 0.25) is 0 Å². The number of rotatable bonds is 8. The van der Waals surface area contributed by atoms with Crippen LogP contribution in [-0.2, 0) is 9.59 Å². The maximum Gasteiger partial charge on any atom is 0.243 e. The first kappa shape index (κ1) is 15.6. The van der Waals surface area contributed by atoms with E-state index in [1.165, 1.54) is 6.92 Å². The van der Waals surface area contributed by atoms with Crippen molar-refractivity contribution in [2.45, 2.75) is 25.8 Å². The van der Waals surface area contributed by atoms with Gasteiger partial charge in [0.25, 0.3) is 0 Å². The summed E-state index contributed by atoms with van der Waals surface area (Å²) >= 11 is 5.83. The minimum absolute atomic E-state index is 0.158. The highest BCUT2D eigenvalue weighted by Crippen LogP contribution is 1.98. The highest BCUT2D eigenvalue weighted by Gasteiger charge is 2.16. The van der Waals surface area contributed by atoms with Crippen LogP contribution in [0, 0.1) is 0 Å². The Kier molecular flexibility index (Phi) is 9.62. The van der Waals surface area contributed by atoms with E-state index in [9.17, 15) is 9.59 Å². The normalized spacial score (nSPS) is 11.9. The maximum absolute atomic E-state index is 11.6. The van der Waals surface area contributed by atoms with Crippen molar-refractivity contribution in [1.29, 1.82) is 0 Å². The van der Waals surface area contributed by atoms with E-state index in [0.29, 0.717) is 12.3 Å². The first-order chi connectivity index (χ1) is 7.61. The SMILES string of the molecule is CSCCCCNC(=O)C(CS)NC(C)=O. The van der Waals surface area contributed by atoms with Crippen molar-refractivity contribution in [2.24, 2.45) is 0 Å². The number of thiol groups is 1. The quantitative estimate of drug-likeness (QED) is 0.446. The Labute approximate surface area is 107 Å². The molecule has 0 aliphatic carbocycles. The molecule has 0 aliphatic rings. The van der Waals surface area contributed by atoms with Gasteiger partial charge in [0.05, 0.1) is 0 Å². The van der Waals surface area contributed by atoms with E-state index < -0.39 is 6.04 Å². The predicted molar refractivity (Wildman–Crippen MR) is 72.1 cm³/mol. The van der Waals surface area contributed by atoms with Crippen LogP contribution in [0.25, 0.3) is 0 Å². The van der Waals surface area contributed by atoms with Gasteiger partial charge in [-0.2, -0.15) is 24.4 Å². The van der Waals surface area contributed by atoms with Crippen LogP contribution in [0.5, 0.6) is 0 Å². The molecule has 1 unspecified atom stereocenters. The summed E-state index contributed by atoms with van der Waals surface area (Å²) in [6.07, 6.45) is 4.12. The zero-order valence-corrected chi connectivity index (χ0v) is 11.5. The van der Waals surface area contributed by atoms with Crippen molar-refractivity contribution in [3.05, 3.63) is 0 Å². The molecule has 1 atom stereocenters. The number of hydrogen-bond donors (Lipinski definition) is 3. The largest absolute Gasteiger partial charge is 0.354 e. The van der Waals surface area contributed by atoms with Crippen LogP contribution in [0.3, 0.4) is 0 Å². The standard InChI is InChI=1S/C10H20N2O2S2/c1-8(13)12-9(7-15)10(14)11-5-3-4-6-16-2/h9,15H,3-7H2,1-2H3,(H,11,14)(H,12,13). The molecule has 4 nitrogen and oxygen atoms in total. The van der Waals surface area contributed by atoms with E-state index >= 15 is 0 Å². The molecule has 6 heteroatoms. The van der Waals surface area contributed by atoms with Crippen molar-refractivity contribution in [1.82, 2.24) is 10.6 Å². The number of amides is 2. The third kappa shape index (κ3) is 7.87. The Bertz CT molecular complexity index is 225. The van der Waals surface area contributed by atoms with Gasteiger partial charge in [-0.15, -0.1) is 0 Å². The fraction of sp³-hybridized carbons (Fsp3) is 0.800. The molecule has 94 valence electrons. The summed E-state index contributed by atoms with van der Waals surface area (Å²) in [6, 6.07) is -0.526. The average molecular weight is 264 g/mol. The lowest BCUT2D eigenvalue weighted by Gasteiger charge is -2.15. The number of carbonyl (C=O) groups is 2. The van der Waals surface area contributed by atoms with Crippen molar-refractivity contribution < 1.29 is 9.59 Å². The molecule has 2 N–H and O–H groups in total. The van der Waals surface area contributed by atoms with Crippen LogP contribution in [0.15, 0.2) is 0 Å². The van der Waals surface area contributed by atoms with E-state index in [-0.39, 0.29) is 11.8 Å². The summed E-state index contributed by atoms with van der Waals surface area (Å²) < 4.78 is 0. The molecule has 0 radical (unpaired) electrons. The van der Waals surface area contributed by atoms with E-state index in [4.69, 9.17) is 0 Å². The molecule has 0 saturated carbocycles. The molecule has 0 fully saturated rings. The fourth-order valence-corrected chi connectivity index (χ4v) is 1.90. The molecule has 0 heterocycles. The summed E-state index contributed by atoms with van der Waals surface area (Å²) in [5.74, 6) is 1.05. The first-order valence-corrected chi connectivity index (χ1v) is 7.29. The van der Waals surface area contributed by atoms with Crippen LogP contribution in [0.1, 0.15) is 19.8 Å². The van der Waals surface area contributed by atoms with Gasteiger partial charge >= 0.3 is 0 Å². The van der Waals surface area contributed by atoms with Crippen LogP contribution >= 0.6 is 24.4 Å². The van der Waals surface area contributed by atoms with Gasteiger partial charge in [-0.25, -0.2) is 0 Å². The van der Waals surface area contributed by atoms with Gasteiger partial charge < -0.3 is 10.6 Å². The third-order valence-corrected chi connectivity index (χ3v) is 3.01. The second-order valence-electron chi connectivity index (χ2n) is 3.43. The number of thioether (sulfide) groups is 1. The van der Waals surface area contributed by atoms with Gasteiger partial charge in [-0.1, -0.05) is 0 Å². The summed E-state index contributed by atoms with van der Waals surface area (Å²) in [7, 11) is 0. The van der Waals surface area contributed by atoms with Crippen LogP contribution < -0.4 is 10.6 Å². The zero-order valence-electron chi connectivity index (χ0n) is 9.78. The monoisotopic (exact) mass is 264 g/mol. The first-order valence-electron chi connectivity index (χ1n) is 5.26. The number of hydrogen-bond acceptors (Lipinski definition) is 4. The lowest BCUT2D eigenvalue weighted by molar-refractivity contribution is -0.127. The van der Waals surface area contributed by atoms with Gasteiger partial charge in [0.1, 0.15) is 6.04 Å². The maximum atomic E-state index is 11.6. The highest BCUT2D eigenvalue weighted by molar-refractivity contribution is 7.98. The van der Waals surface area contributed by atoms with Crippen molar-refractivity contribution in [3.8, 4) is 0 Å². The molecule has 0 aromatic carbocycles. The molecule has 0 rings (SSSR count). The van der Waals surface area contributed by atoms with E-state index in [0.717, 1.165) is 18.6 Å². The molecule has 0 bridgehead atoms. The minimum Gasteiger partial charge on any atom is -0.354 e. The van der Waals surface area contributed by atoms with Gasteiger partial charge in [-0.05, 0) is 24.9 Å². The summed E-state index contributed by atoms with van der Waals surface area (Å²) in [6.45, 7) is 2.05. The Hall–Kier alpha value is -0.360. The number of carbonyl (C=O) groups excluding carboxylic acids is 2. The molecule has 2 amide bonds. The second-order valence-corrected chi connectivity index (χ2v) is 4.78. The van der Waals surface area contributed by atoms with Crippen molar-refractivity contribution in [3.63, 3.8) is 0 Å². The van der Waals surface area contributed by atoms with Gasteiger partial charge in [0.2, 0.25) is 11.8 Å². The smallest absolute Gasteiger partial charge is 0.243 e. The summed E-state index contributed by atoms with van der Waals surface area (Å²) in [5, 5.41) is 5.34. The van der Waals surface area contributed by atoms with Crippen LogP contribution in [0.4, 0.5) is 0 Å². The summed E-state index contributed by atoms with van der Waals surface area (Å²) in [5.41, 5.74) is 0. The van der Waals surface area contributed by atoms with E-state index in [1.807, 2.05) is 0 Å². The third-order valence-electron chi connectivity index (χ3n) is 1.95. The lowest BCUT2D eigenvalue weighted by Crippen LogP contribution is -2.47. The number of unbranched alkanes of at least 4 members (excludes halogenated alkanes) is 1. The minimum atomic E-state index is -0.526. The Balaban J connectivity index is 3.71. The van der Waals surface area contributed by atoms with Gasteiger partial charge in [0, 0.05) is 19.2 Å². The van der Waals surface area contributed by atoms with Crippen molar-refractivity contribution in [2.75, 3.05) is 24.3 Å². The summed E-state index contributed by atoms with van der Waals surface area (Å²) in [4.78, 5) is 22.4. The molecule has 0 aromatic rings. The molecule has 0 saturated heterocycles. The average Bonchev–Trinajstić information content (AvgIpc) is 2.25. The zero-order chi connectivity index (χ0) is 12.4. The van der Waals surface area contributed by atoms with Crippen molar-refractivity contribution >= 4 is 36.2 Å². The lowest BCUT2D eigenvalue weighted by atomic mass is 10.3. The molecule has 16 heavy (non-hydrogen) atoms. The molecule has 0 aliphatic heterocycles. The highest BCUT2D eigenvalue weighted by atomic mass is 32.2. The Morgan fingerprint density at radius 3 is 2.56 bits per heavy atom. The van der Waals surface area contributed by atoms with Crippen LogP contribution in [-0.4, -0.2) is 42.2 Å². The van der Waals surface area contributed by atoms with Gasteiger partial charge in [-0.3, -0.25) is 9.59 Å². The predicted octanol–water partition coefficient (Wildman–Crippen LogP) is 0.680. The Morgan fingerprint density at radius 2 is 2.06 bits per heavy atom.